The maximum Gasteiger partial charge on any atom is 0.534 e. The summed E-state index contributed by atoms with van der Waals surface area (Å²) in [6, 6.07) is 4.64. The Morgan fingerprint density at radius 3 is 2.48 bits per heavy atom. The molecule has 1 aliphatic heterocycles. The van der Waals surface area contributed by atoms with Crippen molar-refractivity contribution in [1.82, 2.24) is 10.4 Å². The normalized spacial score (nSPS) is 14.4. The van der Waals surface area contributed by atoms with Crippen LogP contribution in [0.4, 0.5) is 10.5 Å². The lowest BCUT2D eigenvalue weighted by atomic mass is 9.89. The molecule has 3 amide bonds. The maximum absolute atomic E-state index is 12.5. The number of carbonyl (C=O) groups is 5. The summed E-state index contributed by atoms with van der Waals surface area (Å²) in [4.78, 5) is 80.0. The highest BCUT2D eigenvalue weighted by Crippen LogP contribution is 2.26. The second-order valence-electron chi connectivity index (χ2n) is 10.1. The second-order valence-corrected chi connectivity index (χ2v) is 10.1. The Hall–Kier alpha value is -4.91. The van der Waals surface area contributed by atoms with Crippen LogP contribution in [-0.4, -0.2) is 52.7 Å². The van der Waals surface area contributed by atoms with Crippen LogP contribution in [-0.2, 0) is 35.2 Å². The van der Waals surface area contributed by atoms with Gasteiger partial charge in [0, 0.05) is 35.4 Å². The Labute approximate surface area is 239 Å². The Morgan fingerprint density at radius 1 is 1.17 bits per heavy atom. The van der Waals surface area contributed by atoms with Crippen LogP contribution in [0.3, 0.4) is 0 Å². The van der Waals surface area contributed by atoms with Crippen LogP contribution in [0.15, 0.2) is 32.5 Å². The predicted molar refractivity (Wildman–Crippen MR) is 145 cm³/mol. The number of imide groups is 1. The highest BCUT2D eigenvalue weighted by atomic mass is 16.8. The summed E-state index contributed by atoms with van der Waals surface area (Å²) in [6.07, 6.45) is -2.01. The lowest BCUT2D eigenvalue weighted by Gasteiger charge is -2.27. The first-order chi connectivity index (χ1) is 19.9. The van der Waals surface area contributed by atoms with Crippen molar-refractivity contribution in [3.05, 3.63) is 50.2 Å². The third kappa shape index (κ3) is 7.85. The van der Waals surface area contributed by atoms with E-state index in [9.17, 15) is 33.9 Å². The number of nitrogens with zero attached hydrogens (tertiary/aromatic N) is 4. The molecule has 0 spiro atoms. The van der Waals surface area contributed by atoms with E-state index in [-0.39, 0.29) is 49.1 Å². The molecule has 0 saturated carbocycles. The third-order valence-electron chi connectivity index (χ3n) is 6.81. The van der Waals surface area contributed by atoms with E-state index in [4.69, 9.17) is 19.5 Å². The molecule has 224 valence electrons. The van der Waals surface area contributed by atoms with Gasteiger partial charge in [-0.3, -0.25) is 24.0 Å². The molecule has 1 aromatic heterocycles. The number of ether oxygens (including phenoxy) is 1. The van der Waals surface area contributed by atoms with E-state index in [1.165, 1.54) is 6.07 Å². The van der Waals surface area contributed by atoms with E-state index < -0.39 is 53.4 Å². The molecule has 15 nitrogen and oxygen atoms in total. The van der Waals surface area contributed by atoms with Gasteiger partial charge < -0.3 is 19.6 Å². The van der Waals surface area contributed by atoms with Crippen LogP contribution >= 0.6 is 0 Å². The Kier molecular flexibility index (Phi) is 10.6. The molecule has 42 heavy (non-hydrogen) atoms. The zero-order valence-corrected chi connectivity index (χ0v) is 23.3. The predicted octanol–water partition coefficient (Wildman–Crippen LogP) is 3.81. The molecule has 0 bridgehead atoms. The maximum atomic E-state index is 12.5. The number of hydroxylamine groups is 2. The number of aryl methyl sites for hydroxylation is 1. The van der Waals surface area contributed by atoms with Crippen molar-refractivity contribution in [1.29, 1.82) is 0 Å². The number of nitrogens with one attached hydrogen (secondary N) is 1. The quantitative estimate of drug-likeness (QED) is 0.0658. The minimum Gasteiger partial charge on any atom is -0.481 e. The molecular weight excluding hydrogens is 554 g/mol. The number of benzene rings is 1. The van der Waals surface area contributed by atoms with Gasteiger partial charge in [0.2, 0.25) is 5.91 Å². The van der Waals surface area contributed by atoms with Gasteiger partial charge in [0.25, 0.3) is 11.8 Å². The molecule has 1 saturated heterocycles. The van der Waals surface area contributed by atoms with Crippen LogP contribution in [0, 0.1) is 18.8 Å². The molecular formula is C27H31N5O10. The van der Waals surface area contributed by atoms with E-state index in [2.05, 4.69) is 15.3 Å². The minimum atomic E-state index is -1.35. The molecule has 0 aliphatic carbocycles. The van der Waals surface area contributed by atoms with Crippen molar-refractivity contribution in [3.8, 4) is 0 Å². The first-order valence-electron chi connectivity index (χ1n) is 13.3. The van der Waals surface area contributed by atoms with Gasteiger partial charge in [-0.2, -0.15) is 0 Å². The third-order valence-corrected chi connectivity index (χ3v) is 6.81. The molecule has 3 rings (SSSR count). The fraction of sp³-hybridized carbons (Fsp3) is 0.481. The van der Waals surface area contributed by atoms with Crippen molar-refractivity contribution in [3.63, 3.8) is 0 Å². The molecule has 1 fully saturated rings. The van der Waals surface area contributed by atoms with E-state index in [0.717, 1.165) is 0 Å². The van der Waals surface area contributed by atoms with Crippen LogP contribution in [0.5, 0.6) is 0 Å². The molecule has 1 aliphatic rings. The SMILES string of the molecule is Cc1c(CC(=O)NCCCCC(C(=O)O)C(OC(=O)ON2C(=O)CCC2=O)C(C)C)c(=O)oc2cc(N=[N+]=[N-])ccc12. The molecule has 2 aromatic rings. The fourth-order valence-corrected chi connectivity index (χ4v) is 4.62. The standard InChI is InChI=1S/C27H31N5O10/c1-14(2)24(41-27(39)42-32-22(34)9-10-23(32)35)18(25(36)37)6-4-5-11-29-21(33)13-19-15(3)17-8-7-16(30-31-28)12-20(17)40-26(19)38/h7-8,12,14,18,24H,4-6,9-11,13H2,1-3H3,(H,29,33)(H,36,37). The van der Waals surface area contributed by atoms with Crippen LogP contribution in [0.1, 0.15) is 57.1 Å². The van der Waals surface area contributed by atoms with Gasteiger partial charge in [-0.05, 0) is 42.8 Å². The van der Waals surface area contributed by atoms with Gasteiger partial charge >= 0.3 is 17.8 Å². The molecule has 2 N–H and O–H groups in total. The summed E-state index contributed by atoms with van der Waals surface area (Å²) in [7, 11) is 0. The number of carboxylic acids is 1. The Morgan fingerprint density at radius 2 is 1.86 bits per heavy atom. The Bertz CT molecular complexity index is 1480. The number of aliphatic carboxylic acids is 1. The van der Waals surface area contributed by atoms with Crippen molar-refractivity contribution < 1.29 is 43.1 Å². The highest BCUT2D eigenvalue weighted by molar-refractivity contribution is 6.01. The van der Waals surface area contributed by atoms with E-state index in [1.807, 2.05) is 0 Å². The second kappa shape index (κ2) is 14.1. The summed E-state index contributed by atoms with van der Waals surface area (Å²) in [6.45, 7) is 5.20. The average molecular weight is 586 g/mol. The first kappa shape index (κ1) is 31.6. The number of hydrogen-bond acceptors (Lipinski definition) is 10. The molecule has 0 radical (unpaired) electrons. The van der Waals surface area contributed by atoms with Crippen LogP contribution < -0.4 is 10.9 Å². The number of rotatable bonds is 13. The van der Waals surface area contributed by atoms with Gasteiger partial charge in [-0.15, -0.1) is 0 Å². The van der Waals surface area contributed by atoms with Crippen LogP contribution in [0.2, 0.25) is 0 Å². The molecule has 15 heteroatoms. The van der Waals surface area contributed by atoms with Gasteiger partial charge in [0.05, 0.1) is 17.9 Å². The van der Waals surface area contributed by atoms with Gasteiger partial charge in [0.1, 0.15) is 11.7 Å². The van der Waals surface area contributed by atoms with Gasteiger partial charge in [-0.25, -0.2) is 9.59 Å². The number of fused-ring (bicyclic) bond motifs is 1. The number of hydrogen-bond donors (Lipinski definition) is 2. The molecule has 2 atom stereocenters. The average Bonchev–Trinajstić information content (AvgIpc) is 3.23. The summed E-state index contributed by atoms with van der Waals surface area (Å²) in [5.41, 5.74) is 9.16. The summed E-state index contributed by atoms with van der Waals surface area (Å²) >= 11 is 0. The molecule has 2 heterocycles. The van der Waals surface area contributed by atoms with Gasteiger partial charge in [0.15, 0.2) is 0 Å². The van der Waals surface area contributed by atoms with E-state index >= 15 is 0 Å². The molecule has 2 unspecified atom stereocenters. The lowest BCUT2D eigenvalue weighted by Crippen LogP contribution is -2.39. The number of azide groups is 1. The summed E-state index contributed by atoms with van der Waals surface area (Å²) in [5, 5.41) is 16.9. The topological polar surface area (TPSA) is 218 Å². The van der Waals surface area contributed by atoms with Crippen molar-refractivity contribution in [2.45, 2.75) is 65.4 Å². The first-order valence-corrected chi connectivity index (χ1v) is 13.3. The lowest BCUT2D eigenvalue weighted by molar-refractivity contribution is -0.181. The van der Waals surface area contributed by atoms with E-state index in [1.54, 1.807) is 32.9 Å². The number of amides is 3. The zero-order chi connectivity index (χ0) is 31.0. The van der Waals surface area contributed by atoms with Crippen molar-refractivity contribution >= 4 is 46.5 Å². The molecule has 1 aromatic carbocycles. The minimum absolute atomic E-state index is 0.0931. The number of carboxylic acid groups (broad SMARTS) is 1. The largest absolute Gasteiger partial charge is 0.534 e. The van der Waals surface area contributed by atoms with Crippen molar-refractivity contribution in [2.75, 3.05) is 6.54 Å². The Balaban J connectivity index is 1.52. The fourth-order valence-electron chi connectivity index (χ4n) is 4.62. The van der Waals surface area contributed by atoms with E-state index in [0.29, 0.717) is 28.9 Å². The number of unbranched alkanes of at least 4 members (excludes halogenated alkanes) is 1. The summed E-state index contributed by atoms with van der Waals surface area (Å²) in [5.74, 6) is -4.54. The highest BCUT2D eigenvalue weighted by Gasteiger charge is 2.37. The zero-order valence-electron chi connectivity index (χ0n) is 23.3. The smallest absolute Gasteiger partial charge is 0.481 e. The van der Waals surface area contributed by atoms with Crippen LogP contribution in [0.25, 0.3) is 21.4 Å². The summed E-state index contributed by atoms with van der Waals surface area (Å²) < 4.78 is 10.5. The van der Waals surface area contributed by atoms with Gasteiger partial charge in [-0.1, -0.05) is 42.6 Å². The monoisotopic (exact) mass is 585 g/mol. The van der Waals surface area contributed by atoms with Crippen molar-refractivity contribution in [2.24, 2.45) is 17.0 Å². The number of carbonyl (C=O) groups excluding carboxylic acids is 4.